The Bertz CT molecular complexity index is 359. The molecule has 0 saturated heterocycles. The number of likely N-dealkylation sites (N-methyl/N-ethyl adjacent to an activating group) is 1. The highest BCUT2D eigenvalue weighted by Gasteiger charge is 2.10. The van der Waals surface area contributed by atoms with Crippen molar-refractivity contribution in [2.24, 2.45) is 0 Å². The van der Waals surface area contributed by atoms with Crippen molar-refractivity contribution in [2.75, 3.05) is 25.1 Å². The quantitative estimate of drug-likeness (QED) is 0.715. The predicted molar refractivity (Wildman–Crippen MR) is 61.4 cm³/mol. The van der Waals surface area contributed by atoms with Crippen LogP contribution in [0.2, 0.25) is 0 Å². The molecular weight excluding hydrogens is 206 g/mol. The summed E-state index contributed by atoms with van der Waals surface area (Å²) in [5.74, 6) is 0.276. The van der Waals surface area contributed by atoms with E-state index in [-0.39, 0.29) is 12.5 Å². The molecule has 0 radical (unpaired) electrons. The fourth-order valence-corrected chi connectivity index (χ4v) is 1.35. The average Bonchev–Trinajstić information content (AvgIpc) is 2.16. The molecule has 0 spiro atoms. The maximum absolute atomic E-state index is 11.3. The van der Waals surface area contributed by atoms with E-state index in [0.717, 1.165) is 11.4 Å². The van der Waals surface area contributed by atoms with Crippen LogP contribution in [0.4, 0.5) is 5.95 Å². The Balaban J connectivity index is 2.72. The van der Waals surface area contributed by atoms with Gasteiger partial charge in [-0.3, -0.25) is 4.79 Å². The molecule has 1 aromatic heterocycles. The van der Waals surface area contributed by atoms with Crippen molar-refractivity contribution in [1.29, 1.82) is 0 Å². The number of anilines is 1. The van der Waals surface area contributed by atoms with Crippen LogP contribution in [0, 0.1) is 13.8 Å². The Labute approximate surface area is 95.5 Å². The molecule has 0 atom stereocenters. The zero-order valence-corrected chi connectivity index (χ0v) is 10.1. The van der Waals surface area contributed by atoms with Gasteiger partial charge in [-0.15, -0.1) is 0 Å². The molecule has 1 heterocycles. The molecule has 0 aliphatic carbocycles. The van der Waals surface area contributed by atoms with Crippen LogP contribution in [-0.2, 0) is 9.53 Å². The zero-order valence-electron chi connectivity index (χ0n) is 10.1. The Morgan fingerprint density at radius 2 is 1.94 bits per heavy atom. The molecule has 0 N–H and O–H groups in total. The van der Waals surface area contributed by atoms with E-state index in [1.165, 1.54) is 0 Å². The Morgan fingerprint density at radius 1 is 1.38 bits per heavy atom. The third-order valence-electron chi connectivity index (χ3n) is 1.98. The van der Waals surface area contributed by atoms with Crippen LogP contribution in [0.25, 0.3) is 0 Å². The first kappa shape index (κ1) is 12.4. The molecule has 0 aliphatic heterocycles. The van der Waals surface area contributed by atoms with Gasteiger partial charge in [0.1, 0.15) is 6.54 Å². The van der Waals surface area contributed by atoms with Crippen LogP contribution >= 0.6 is 0 Å². The minimum Gasteiger partial charge on any atom is -0.465 e. The van der Waals surface area contributed by atoms with Crippen LogP contribution in [0.15, 0.2) is 6.07 Å². The number of carbonyl (C=O) groups is 1. The minimum atomic E-state index is -0.271. The first-order chi connectivity index (χ1) is 7.52. The van der Waals surface area contributed by atoms with E-state index < -0.39 is 0 Å². The normalized spacial score (nSPS) is 10.0. The van der Waals surface area contributed by atoms with E-state index in [9.17, 15) is 4.79 Å². The van der Waals surface area contributed by atoms with E-state index in [0.29, 0.717) is 12.6 Å². The molecule has 88 valence electrons. The summed E-state index contributed by atoms with van der Waals surface area (Å²) in [6.45, 7) is 6.13. The maximum Gasteiger partial charge on any atom is 0.325 e. The number of aromatic nitrogens is 2. The summed E-state index contributed by atoms with van der Waals surface area (Å²) >= 11 is 0. The van der Waals surface area contributed by atoms with Gasteiger partial charge in [-0.05, 0) is 26.8 Å². The van der Waals surface area contributed by atoms with Crippen molar-refractivity contribution in [2.45, 2.75) is 20.8 Å². The van der Waals surface area contributed by atoms with Crippen molar-refractivity contribution in [3.63, 3.8) is 0 Å². The second-order valence-electron chi connectivity index (χ2n) is 3.61. The molecule has 0 fully saturated rings. The molecule has 0 aromatic carbocycles. The summed E-state index contributed by atoms with van der Waals surface area (Å²) in [5.41, 5.74) is 1.77. The Morgan fingerprint density at radius 3 is 2.44 bits per heavy atom. The van der Waals surface area contributed by atoms with Gasteiger partial charge >= 0.3 is 5.97 Å². The molecular formula is C11H17N3O2. The van der Waals surface area contributed by atoms with Crippen molar-refractivity contribution in [1.82, 2.24) is 9.97 Å². The molecule has 5 heteroatoms. The van der Waals surface area contributed by atoms with Gasteiger partial charge in [0.25, 0.3) is 0 Å². The third kappa shape index (κ3) is 3.49. The average molecular weight is 223 g/mol. The van der Waals surface area contributed by atoms with Crippen molar-refractivity contribution < 1.29 is 9.53 Å². The van der Waals surface area contributed by atoms with E-state index in [2.05, 4.69) is 9.97 Å². The number of hydrogen-bond acceptors (Lipinski definition) is 5. The number of rotatable bonds is 4. The highest BCUT2D eigenvalue weighted by Crippen LogP contribution is 2.07. The summed E-state index contributed by atoms with van der Waals surface area (Å²) in [6.07, 6.45) is 0. The van der Waals surface area contributed by atoms with Crippen molar-refractivity contribution >= 4 is 11.9 Å². The number of hydrogen-bond donors (Lipinski definition) is 0. The summed E-state index contributed by atoms with van der Waals surface area (Å²) in [6, 6.07) is 1.89. The predicted octanol–water partition coefficient (Wildman–Crippen LogP) is 1.09. The maximum atomic E-state index is 11.3. The largest absolute Gasteiger partial charge is 0.465 e. The van der Waals surface area contributed by atoms with Crippen LogP contribution in [-0.4, -0.2) is 36.1 Å². The molecule has 16 heavy (non-hydrogen) atoms. The fourth-order valence-electron chi connectivity index (χ4n) is 1.35. The molecule has 0 unspecified atom stereocenters. The lowest BCUT2D eigenvalue weighted by Crippen LogP contribution is -2.28. The van der Waals surface area contributed by atoms with E-state index >= 15 is 0 Å². The molecule has 0 aliphatic rings. The topological polar surface area (TPSA) is 55.3 Å². The highest BCUT2D eigenvalue weighted by molar-refractivity contribution is 5.74. The summed E-state index contributed by atoms with van der Waals surface area (Å²) in [7, 11) is 1.77. The SMILES string of the molecule is CCOC(=O)CN(C)c1nc(C)cc(C)n1. The molecule has 1 aromatic rings. The van der Waals surface area contributed by atoms with Crippen LogP contribution < -0.4 is 4.90 Å². The van der Waals surface area contributed by atoms with Crippen LogP contribution in [0.3, 0.4) is 0 Å². The van der Waals surface area contributed by atoms with E-state index in [1.54, 1.807) is 18.9 Å². The lowest BCUT2D eigenvalue weighted by Gasteiger charge is -2.16. The lowest BCUT2D eigenvalue weighted by molar-refractivity contribution is -0.141. The molecule has 5 nitrogen and oxygen atoms in total. The molecule has 1 rings (SSSR count). The van der Waals surface area contributed by atoms with Gasteiger partial charge in [-0.25, -0.2) is 9.97 Å². The summed E-state index contributed by atoms with van der Waals surface area (Å²) in [5, 5.41) is 0. The second kappa shape index (κ2) is 5.44. The number of carbonyl (C=O) groups excluding carboxylic acids is 1. The van der Waals surface area contributed by atoms with Crippen LogP contribution in [0.1, 0.15) is 18.3 Å². The molecule has 0 saturated carbocycles. The van der Waals surface area contributed by atoms with Gasteiger partial charge in [0, 0.05) is 18.4 Å². The third-order valence-corrected chi connectivity index (χ3v) is 1.98. The van der Waals surface area contributed by atoms with Gasteiger partial charge in [0.05, 0.1) is 6.61 Å². The number of ether oxygens (including phenoxy) is 1. The molecule has 0 bridgehead atoms. The van der Waals surface area contributed by atoms with Gasteiger partial charge in [0.2, 0.25) is 5.95 Å². The number of nitrogens with zero attached hydrogens (tertiary/aromatic N) is 3. The summed E-state index contributed by atoms with van der Waals surface area (Å²) < 4.78 is 4.86. The van der Waals surface area contributed by atoms with Gasteiger partial charge < -0.3 is 9.64 Å². The first-order valence-corrected chi connectivity index (χ1v) is 5.22. The molecule has 0 amide bonds. The Kier molecular flexibility index (Phi) is 4.22. The minimum absolute atomic E-state index is 0.163. The zero-order chi connectivity index (χ0) is 12.1. The second-order valence-corrected chi connectivity index (χ2v) is 3.61. The monoisotopic (exact) mass is 223 g/mol. The van der Waals surface area contributed by atoms with Gasteiger partial charge in [-0.1, -0.05) is 0 Å². The van der Waals surface area contributed by atoms with Gasteiger partial charge in [0.15, 0.2) is 0 Å². The Hall–Kier alpha value is -1.65. The standard InChI is InChI=1S/C11H17N3O2/c1-5-16-10(15)7-14(4)11-12-8(2)6-9(3)13-11/h6H,5,7H2,1-4H3. The van der Waals surface area contributed by atoms with Crippen LogP contribution in [0.5, 0.6) is 0 Å². The number of esters is 1. The number of aryl methyl sites for hydroxylation is 2. The van der Waals surface area contributed by atoms with Crippen molar-refractivity contribution in [3.8, 4) is 0 Å². The van der Waals surface area contributed by atoms with Gasteiger partial charge in [-0.2, -0.15) is 0 Å². The lowest BCUT2D eigenvalue weighted by atomic mass is 10.3. The van der Waals surface area contributed by atoms with Crippen molar-refractivity contribution in [3.05, 3.63) is 17.5 Å². The van der Waals surface area contributed by atoms with E-state index in [1.807, 2.05) is 19.9 Å². The first-order valence-electron chi connectivity index (χ1n) is 5.22. The highest BCUT2D eigenvalue weighted by atomic mass is 16.5. The van der Waals surface area contributed by atoms with E-state index in [4.69, 9.17) is 4.74 Å². The smallest absolute Gasteiger partial charge is 0.325 e. The fraction of sp³-hybridized carbons (Fsp3) is 0.545. The summed E-state index contributed by atoms with van der Waals surface area (Å²) in [4.78, 5) is 21.5.